The number of nitriles is 1. The molecule has 5 rings (SSSR count). The second kappa shape index (κ2) is 8.77. The molecule has 4 heteroatoms. The number of rotatable bonds is 0. The zero-order chi connectivity index (χ0) is 23.7. The van der Waals surface area contributed by atoms with Crippen molar-refractivity contribution in [3.63, 3.8) is 0 Å². The first kappa shape index (κ1) is 21.3. The maximum Gasteiger partial charge on any atom is 0.188 e. The summed E-state index contributed by atoms with van der Waals surface area (Å²) in [4.78, 5) is 8.19. The Kier molecular flexibility index (Phi) is 5.50. The predicted octanol–water partition coefficient (Wildman–Crippen LogP) is 7.03. The van der Waals surface area contributed by atoms with E-state index < -0.39 is 0 Å². The molecule has 1 heterocycles. The van der Waals surface area contributed by atoms with Gasteiger partial charge in [-0.15, -0.1) is 0 Å². The molecule has 0 unspecified atom stereocenters. The number of fused-ring (bicyclic) bond motifs is 8. The average molecular weight is 441 g/mol. The quantitative estimate of drug-likeness (QED) is 0.275. The molecule has 4 aromatic rings. The van der Waals surface area contributed by atoms with Gasteiger partial charge in [0.05, 0.1) is 18.2 Å². The first-order chi connectivity index (χ1) is 16.6. The van der Waals surface area contributed by atoms with Crippen LogP contribution < -0.4 is 9.80 Å². The van der Waals surface area contributed by atoms with Crippen LogP contribution in [-0.4, -0.2) is 14.1 Å². The maximum absolute atomic E-state index is 9.74. The summed E-state index contributed by atoms with van der Waals surface area (Å²) in [7, 11) is 4.15. The van der Waals surface area contributed by atoms with Gasteiger partial charge in [0.1, 0.15) is 0 Å². The summed E-state index contributed by atoms with van der Waals surface area (Å²) >= 11 is 0. The van der Waals surface area contributed by atoms with E-state index in [1.165, 1.54) is 0 Å². The van der Waals surface area contributed by atoms with Crippen LogP contribution >= 0.6 is 0 Å². The van der Waals surface area contributed by atoms with Gasteiger partial charge in [-0.05, 0) is 58.7 Å². The van der Waals surface area contributed by atoms with Crippen LogP contribution in [0.25, 0.3) is 27.1 Å². The molecule has 0 fully saturated rings. The molecule has 1 aliphatic rings. The fourth-order valence-electron chi connectivity index (χ4n) is 4.81. The third-order valence-corrected chi connectivity index (χ3v) is 6.32. The van der Waals surface area contributed by atoms with Gasteiger partial charge in [-0.3, -0.25) is 0 Å². The summed E-state index contributed by atoms with van der Waals surface area (Å²) in [6, 6.07) is 31.2. The Bertz CT molecular complexity index is 1360. The topological polar surface area (TPSA) is 34.6 Å². The highest BCUT2D eigenvalue weighted by molar-refractivity contribution is 5.83. The number of anilines is 2. The molecule has 0 aromatic heterocycles. The molecule has 0 spiro atoms. The summed E-state index contributed by atoms with van der Waals surface area (Å²) in [5.74, 6) is 0. The van der Waals surface area contributed by atoms with Crippen molar-refractivity contribution in [3.05, 3.63) is 113 Å². The van der Waals surface area contributed by atoms with Crippen molar-refractivity contribution < 1.29 is 0 Å². The molecule has 0 aliphatic carbocycles. The van der Waals surface area contributed by atoms with Crippen molar-refractivity contribution in [2.45, 2.75) is 13.1 Å². The fourth-order valence-corrected chi connectivity index (χ4v) is 4.81. The van der Waals surface area contributed by atoms with E-state index in [-0.39, 0.29) is 0 Å². The van der Waals surface area contributed by atoms with Gasteiger partial charge in [0.25, 0.3) is 0 Å². The Hall–Kier alpha value is -4.54. The number of hydrogen-bond acceptors (Lipinski definition) is 3. The van der Waals surface area contributed by atoms with E-state index in [0.29, 0.717) is 24.3 Å². The third-order valence-electron chi connectivity index (χ3n) is 6.32. The zero-order valence-corrected chi connectivity index (χ0v) is 19.3. The van der Waals surface area contributed by atoms with Gasteiger partial charge in [-0.1, -0.05) is 48.5 Å². The van der Waals surface area contributed by atoms with Crippen LogP contribution in [-0.2, 0) is 13.1 Å². The van der Waals surface area contributed by atoms with Crippen LogP contribution in [0.2, 0.25) is 0 Å². The third kappa shape index (κ3) is 3.98. The first-order valence-electron chi connectivity index (χ1n) is 11.2. The lowest BCUT2D eigenvalue weighted by Crippen LogP contribution is -2.19. The summed E-state index contributed by atoms with van der Waals surface area (Å²) in [5, 5.41) is 9.74. The SMILES string of the molecule is [C-]#[N+]c1cc2cc(c1)-c1ccccc1N(C)Cc1cc(C#N)cc(c1)-c1ccccc1N(C)C2. The number of hydrogen-bond donors (Lipinski definition) is 0. The lowest BCUT2D eigenvalue weighted by Gasteiger charge is -2.26. The second-order valence-corrected chi connectivity index (χ2v) is 8.78. The lowest BCUT2D eigenvalue weighted by atomic mass is 9.96. The molecule has 0 saturated carbocycles. The standard InChI is InChI=1S/C30H24N4/c1-32-26-16-23-15-25(17-26)28-9-5-7-11-30(28)33(2)19-22-12-21(18-31)13-24(14-22)27-8-4-6-10-29(27)34(3)20-23/h4-17H,19-20H2,2-3H3. The Morgan fingerprint density at radius 1 is 0.735 bits per heavy atom. The van der Waals surface area contributed by atoms with E-state index in [1.54, 1.807) is 0 Å². The smallest absolute Gasteiger partial charge is 0.188 e. The fraction of sp³-hybridized carbons (Fsp3) is 0.133. The van der Waals surface area contributed by atoms with Crippen LogP contribution in [0.5, 0.6) is 0 Å². The molecule has 0 saturated heterocycles. The van der Waals surface area contributed by atoms with Crippen LogP contribution in [0, 0.1) is 17.9 Å². The summed E-state index contributed by atoms with van der Waals surface area (Å²) in [6.45, 7) is 8.99. The van der Waals surface area contributed by atoms with E-state index in [1.807, 2.05) is 48.5 Å². The number of nitrogens with zero attached hydrogens (tertiary/aromatic N) is 4. The van der Waals surface area contributed by atoms with E-state index in [9.17, 15) is 5.26 Å². The minimum absolute atomic E-state index is 0.641. The number of benzene rings is 4. The van der Waals surface area contributed by atoms with E-state index in [2.05, 4.69) is 71.2 Å². The number of para-hydroxylation sites is 2. The molecule has 4 bridgehead atoms. The van der Waals surface area contributed by atoms with E-state index in [4.69, 9.17) is 6.57 Å². The van der Waals surface area contributed by atoms with Crippen molar-refractivity contribution in [1.82, 2.24) is 0 Å². The summed E-state index contributed by atoms with van der Waals surface area (Å²) in [5.41, 5.74) is 9.89. The average Bonchev–Trinajstić information content (AvgIpc) is 2.87. The molecule has 0 N–H and O–H groups in total. The monoisotopic (exact) mass is 440 g/mol. The normalized spacial score (nSPS) is 12.6. The largest absolute Gasteiger partial charge is 0.370 e. The van der Waals surface area contributed by atoms with Crippen molar-refractivity contribution in [2.75, 3.05) is 23.9 Å². The van der Waals surface area contributed by atoms with Gasteiger partial charge >= 0.3 is 0 Å². The lowest BCUT2D eigenvalue weighted by molar-refractivity contribution is 0.918. The van der Waals surface area contributed by atoms with Crippen molar-refractivity contribution in [2.24, 2.45) is 0 Å². The Morgan fingerprint density at radius 3 is 1.82 bits per heavy atom. The minimum atomic E-state index is 0.641. The molecule has 164 valence electrons. The van der Waals surface area contributed by atoms with Crippen LogP contribution in [0.4, 0.5) is 17.1 Å². The minimum Gasteiger partial charge on any atom is -0.370 e. The van der Waals surface area contributed by atoms with Gasteiger partial charge in [0.2, 0.25) is 0 Å². The van der Waals surface area contributed by atoms with E-state index in [0.717, 1.165) is 44.8 Å². The van der Waals surface area contributed by atoms with Crippen LogP contribution in [0.15, 0.2) is 84.9 Å². The van der Waals surface area contributed by atoms with Crippen molar-refractivity contribution in [1.29, 1.82) is 5.26 Å². The van der Waals surface area contributed by atoms with Crippen LogP contribution in [0.3, 0.4) is 0 Å². The highest BCUT2D eigenvalue weighted by Crippen LogP contribution is 2.37. The van der Waals surface area contributed by atoms with Gasteiger partial charge in [0, 0.05) is 49.7 Å². The molecule has 1 aliphatic heterocycles. The van der Waals surface area contributed by atoms with Gasteiger partial charge in [-0.2, -0.15) is 5.26 Å². The van der Waals surface area contributed by atoms with Gasteiger partial charge in [-0.25, -0.2) is 4.85 Å². The zero-order valence-electron chi connectivity index (χ0n) is 19.3. The predicted molar refractivity (Wildman–Crippen MR) is 139 cm³/mol. The first-order valence-corrected chi connectivity index (χ1v) is 11.2. The van der Waals surface area contributed by atoms with Crippen molar-refractivity contribution in [3.8, 4) is 28.3 Å². The highest BCUT2D eigenvalue weighted by atomic mass is 15.1. The van der Waals surface area contributed by atoms with Crippen molar-refractivity contribution >= 4 is 17.1 Å². The molecule has 0 amide bonds. The summed E-state index contributed by atoms with van der Waals surface area (Å²) in [6.07, 6.45) is 0. The molecular formula is C30H24N4. The van der Waals surface area contributed by atoms with Gasteiger partial charge in [0.15, 0.2) is 5.69 Å². The highest BCUT2D eigenvalue weighted by Gasteiger charge is 2.16. The second-order valence-electron chi connectivity index (χ2n) is 8.78. The Labute approximate surface area is 200 Å². The molecule has 4 nitrogen and oxygen atoms in total. The summed E-state index contributed by atoms with van der Waals surface area (Å²) < 4.78 is 0. The van der Waals surface area contributed by atoms with Crippen LogP contribution in [0.1, 0.15) is 16.7 Å². The maximum atomic E-state index is 9.74. The van der Waals surface area contributed by atoms with Gasteiger partial charge < -0.3 is 9.80 Å². The molecule has 4 aromatic carbocycles. The molecule has 0 radical (unpaired) electrons. The molecule has 0 atom stereocenters. The Morgan fingerprint density at radius 2 is 1.26 bits per heavy atom. The molecular weight excluding hydrogens is 416 g/mol. The molecule has 34 heavy (non-hydrogen) atoms. The van der Waals surface area contributed by atoms with E-state index >= 15 is 0 Å². The Balaban J connectivity index is 1.77.